The quantitative estimate of drug-likeness (QED) is 0.727. The number of thiazole rings is 1. The van der Waals surface area contributed by atoms with Crippen molar-refractivity contribution >= 4 is 23.3 Å². The van der Waals surface area contributed by atoms with Crippen LogP contribution >= 0.6 is 11.3 Å². The first kappa shape index (κ1) is 15.0. The fourth-order valence-corrected chi connectivity index (χ4v) is 2.26. The van der Waals surface area contributed by atoms with E-state index in [1.165, 1.54) is 28.8 Å². The molecule has 1 unspecified atom stereocenters. The third kappa shape index (κ3) is 4.28. The first-order valence-electron chi connectivity index (χ1n) is 6.15. The summed E-state index contributed by atoms with van der Waals surface area (Å²) >= 11 is 1.44. The molecule has 2 amide bonds. The van der Waals surface area contributed by atoms with E-state index in [4.69, 9.17) is 0 Å². The lowest BCUT2D eigenvalue weighted by atomic mass is 10.1. The van der Waals surface area contributed by atoms with Gasteiger partial charge in [0, 0.05) is 30.7 Å². The molecule has 3 N–H and O–H groups in total. The SMILES string of the molecule is CN(Cc1cscn1)C(=O)NC(Cc1cnc[nH]1)C(=O)O. The molecule has 0 aliphatic rings. The van der Waals surface area contributed by atoms with Gasteiger partial charge in [0.15, 0.2) is 0 Å². The number of aliphatic carboxylic acids is 1. The van der Waals surface area contributed by atoms with E-state index in [2.05, 4.69) is 20.3 Å². The van der Waals surface area contributed by atoms with Gasteiger partial charge in [-0.2, -0.15) is 0 Å². The summed E-state index contributed by atoms with van der Waals surface area (Å²) in [4.78, 5) is 35.3. The van der Waals surface area contributed by atoms with E-state index < -0.39 is 18.0 Å². The predicted molar refractivity (Wildman–Crippen MR) is 75.8 cm³/mol. The maximum atomic E-state index is 12.0. The molecule has 0 aromatic carbocycles. The molecular weight excluding hydrogens is 294 g/mol. The molecule has 2 heterocycles. The summed E-state index contributed by atoms with van der Waals surface area (Å²) in [7, 11) is 1.59. The fraction of sp³-hybridized carbons (Fsp3) is 0.333. The van der Waals surface area contributed by atoms with Crippen LogP contribution in [-0.2, 0) is 17.8 Å². The third-order valence-corrected chi connectivity index (χ3v) is 3.44. The van der Waals surface area contributed by atoms with E-state index in [1.54, 1.807) is 12.6 Å². The van der Waals surface area contributed by atoms with Gasteiger partial charge in [-0.15, -0.1) is 11.3 Å². The Labute approximate surface area is 124 Å². The normalized spacial score (nSPS) is 11.9. The molecule has 0 aliphatic carbocycles. The predicted octanol–water partition coefficient (Wildman–Crippen LogP) is 0.704. The number of carbonyl (C=O) groups excluding carboxylic acids is 1. The number of carboxylic acids is 1. The van der Waals surface area contributed by atoms with E-state index >= 15 is 0 Å². The van der Waals surface area contributed by atoms with Crippen LogP contribution in [0.15, 0.2) is 23.4 Å². The number of carboxylic acid groups (broad SMARTS) is 1. The van der Waals surface area contributed by atoms with Gasteiger partial charge in [0.2, 0.25) is 0 Å². The number of carbonyl (C=O) groups is 2. The molecule has 0 fully saturated rings. The van der Waals surface area contributed by atoms with Crippen molar-refractivity contribution in [2.45, 2.75) is 19.0 Å². The highest BCUT2D eigenvalue weighted by atomic mass is 32.1. The molecule has 0 saturated heterocycles. The number of hydrogen-bond acceptors (Lipinski definition) is 5. The molecule has 9 heteroatoms. The van der Waals surface area contributed by atoms with Gasteiger partial charge >= 0.3 is 12.0 Å². The number of rotatable bonds is 6. The van der Waals surface area contributed by atoms with Crippen molar-refractivity contribution in [3.8, 4) is 0 Å². The molecule has 0 aliphatic heterocycles. The number of hydrogen-bond donors (Lipinski definition) is 3. The Morgan fingerprint density at radius 3 is 2.95 bits per heavy atom. The van der Waals surface area contributed by atoms with Crippen molar-refractivity contribution in [2.24, 2.45) is 0 Å². The smallest absolute Gasteiger partial charge is 0.326 e. The van der Waals surface area contributed by atoms with Crippen LogP contribution < -0.4 is 5.32 Å². The van der Waals surface area contributed by atoms with Crippen LogP contribution in [0.4, 0.5) is 4.79 Å². The zero-order valence-corrected chi connectivity index (χ0v) is 12.1. The van der Waals surface area contributed by atoms with E-state index in [1.807, 2.05) is 5.38 Å². The lowest BCUT2D eigenvalue weighted by molar-refractivity contribution is -0.139. The zero-order valence-electron chi connectivity index (χ0n) is 11.3. The standard InChI is InChI=1S/C12H15N5O3S/c1-17(4-9-5-21-7-15-9)12(20)16-10(11(18)19)2-8-3-13-6-14-8/h3,5-7,10H,2,4H2,1H3,(H,13,14)(H,16,20)(H,18,19). The van der Waals surface area contributed by atoms with Gasteiger partial charge in [0.1, 0.15) is 6.04 Å². The van der Waals surface area contributed by atoms with Crippen LogP contribution in [0.2, 0.25) is 0 Å². The Morgan fingerprint density at radius 2 is 2.38 bits per heavy atom. The van der Waals surface area contributed by atoms with Gasteiger partial charge in [0.25, 0.3) is 0 Å². The van der Waals surface area contributed by atoms with Crippen molar-refractivity contribution < 1.29 is 14.7 Å². The second kappa shape index (κ2) is 6.84. The molecule has 2 aromatic rings. The number of imidazole rings is 1. The average molecular weight is 309 g/mol. The highest BCUT2D eigenvalue weighted by Gasteiger charge is 2.22. The average Bonchev–Trinajstić information content (AvgIpc) is 3.10. The first-order chi connectivity index (χ1) is 10.1. The maximum absolute atomic E-state index is 12.0. The molecule has 0 bridgehead atoms. The van der Waals surface area contributed by atoms with Gasteiger partial charge in [-0.25, -0.2) is 19.6 Å². The topological polar surface area (TPSA) is 111 Å². The van der Waals surface area contributed by atoms with E-state index in [0.717, 1.165) is 5.69 Å². The Bertz CT molecular complexity index is 584. The summed E-state index contributed by atoms with van der Waals surface area (Å²) in [6.45, 7) is 0.325. The van der Waals surface area contributed by atoms with Crippen molar-refractivity contribution in [2.75, 3.05) is 7.05 Å². The lowest BCUT2D eigenvalue weighted by Gasteiger charge is -2.20. The molecule has 2 rings (SSSR count). The van der Waals surface area contributed by atoms with Crippen molar-refractivity contribution in [3.05, 3.63) is 34.8 Å². The summed E-state index contributed by atoms with van der Waals surface area (Å²) in [6, 6.07) is -1.48. The largest absolute Gasteiger partial charge is 0.480 e. The zero-order chi connectivity index (χ0) is 15.2. The fourth-order valence-electron chi connectivity index (χ4n) is 1.71. The highest BCUT2D eigenvalue weighted by Crippen LogP contribution is 2.05. The van der Waals surface area contributed by atoms with Crippen molar-refractivity contribution in [1.29, 1.82) is 0 Å². The van der Waals surface area contributed by atoms with Gasteiger partial charge in [-0.3, -0.25) is 0 Å². The molecule has 8 nitrogen and oxygen atoms in total. The summed E-state index contributed by atoms with van der Waals surface area (Å²) in [5.41, 5.74) is 3.09. The summed E-state index contributed by atoms with van der Waals surface area (Å²) < 4.78 is 0. The number of aromatic amines is 1. The van der Waals surface area contributed by atoms with E-state index in [9.17, 15) is 14.7 Å². The molecular formula is C12H15N5O3S. The Kier molecular flexibility index (Phi) is 4.88. The maximum Gasteiger partial charge on any atom is 0.326 e. The van der Waals surface area contributed by atoms with Crippen LogP contribution in [0.3, 0.4) is 0 Å². The Morgan fingerprint density at radius 1 is 1.57 bits per heavy atom. The number of amides is 2. The number of aromatic nitrogens is 3. The van der Waals surface area contributed by atoms with Gasteiger partial charge in [0.05, 0.1) is 24.1 Å². The van der Waals surface area contributed by atoms with E-state index in [0.29, 0.717) is 12.2 Å². The molecule has 0 radical (unpaired) electrons. The number of nitrogens with zero attached hydrogens (tertiary/aromatic N) is 3. The lowest BCUT2D eigenvalue weighted by Crippen LogP contribution is -2.47. The van der Waals surface area contributed by atoms with Crippen LogP contribution in [0, 0.1) is 0 Å². The van der Waals surface area contributed by atoms with Crippen LogP contribution in [0.1, 0.15) is 11.4 Å². The number of nitrogens with one attached hydrogen (secondary N) is 2. The molecule has 0 saturated carbocycles. The van der Waals surface area contributed by atoms with E-state index in [-0.39, 0.29) is 6.42 Å². The molecule has 112 valence electrons. The van der Waals surface area contributed by atoms with Gasteiger partial charge < -0.3 is 20.3 Å². The van der Waals surface area contributed by atoms with Gasteiger partial charge in [-0.05, 0) is 0 Å². The highest BCUT2D eigenvalue weighted by molar-refractivity contribution is 7.07. The Hall–Kier alpha value is -2.42. The molecule has 21 heavy (non-hydrogen) atoms. The van der Waals surface area contributed by atoms with Crippen LogP contribution in [-0.4, -0.2) is 50.0 Å². The minimum atomic E-state index is -1.10. The number of urea groups is 1. The summed E-state index contributed by atoms with van der Waals surface area (Å²) in [6.07, 6.45) is 3.14. The minimum Gasteiger partial charge on any atom is -0.480 e. The third-order valence-electron chi connectivity index (χ3n) is 2.80. The summed E-state index contributed by atoms with van der Waals surface area (Å²) in [5, 5.41) is 13.5. The number of H-pyrrole nitrogens is 1. The Balaban J connectivity index is 1.92. The molecule has 0 spiro atoms. The first-order valence-corrected chi connectivity index (χ1v) is 7.09. The van der Waals surface area contributed by atoms with Crippen molar-refractivity contribution in [3.63, 3.8) is 0 Å². The minimum absolute atomic E-state index is 0.144. The molecule has 2 aromatic heterocycles. The second-order valence-electron chi connectivity index (χ2n) is 4.46. The molecule has 1 atom stereocenters. The van der Waals surface area contributed by atoms with Gasteiger partial charge in [-0.1, -0.05) is 0 Å². The van der Waals surface area contributed by atoms with Crippen LogP contribution in [0.25, 0.3) is 0 Å². The van der Waals surface area contributed by atoms with Crippen molar-refractivity contribution in [1.82, 2.24) is 25.2 Å². The monoisotopic (exact) mass is 309 g/mol. The van der Waals surface area contributed by atoms with Crippen LogP contribution in [0.5, 0.6) is 0 Å². The second-order valence-corrected chi connectivity index (χ2v) is 5.18. The summed E-state index contributed by atoms with van der Waals surface area (Å²) in [5.74, 6) is -1.10.